The van der Waals surface area contributed by atoms with Crippen molar-refractivity contribution in [1.82, 2.24) is 5.32 Å². The normalized spacial score (nSPS) is 10.5. The maximum atomic E-state index is 12.1. The van der Waals surface area contributed by atoms with E-state index in [0.717, 1.165) is 5.76 Å². The lowest BCUT2D eigenvalue weighted by molar-refractivity contribution is 0.0916. The summed E-state index contributed by atoms with van der Waals surface area (Å²) in [6.07, 6.45) is 3.74. The first-order valence-electron chi connectivity index (χ1n) is 8.55. The fourth-order valence-corrected chi connectivity index (χ4v) is 2.35. The van der Waals surface area contributed by atoms with Gasteiger partial charge in [-0.25, -0.2) is 0 Å². The van der Waals surface area contributed by atoms with Gasteiger partial charge in [-0.1, -0.05) is 0 Å². The molecule has 0 aliphatic rings. The molecule has 0 radical (unpaired) electrons. The molecule has 7 nitrogen and oxygen atoms in total. The van der Waals surface area contributed by atoms with E-state index in [1.54, 1.807) is 42.7 Å². The Morgan fingerprint density at radius 1 is 0.926 bits per heavy atom. The fourth-order valence-electron chi connectivity index (χ4n) is 2.35. The van der Waals surface area contributed by atoms with Crippen LogP contribution in [0.25, 0.3) is 0 Å². The standard InChI is InChI=1S/C20H20N2O5/c23-19(21-10-3-11-25-14-17-4-1-12-26-17)15-6-8-16(9-7-15)22-20(24)18-5-2-13-27-18/h1-2,4-9,12-13H,3,10-11,14H2,(H,21,23)(H,22,24). The van der Waals surface area contributed by atoms with Gasteiger partial charge in [0.25, 0.3) is 11.8 Å². The van der Waals surface area contributed by atoms with Gasteiger partial charge in [0.15, 0.2) is 5.76 Å². The second-order valence-corrected chi connectivity index (χ2v) is 5.75. The Balaban J connectivity index is 1.36. The number of hydrogen-bond acceptors (Lipinski definition) is 5. The van der Waals surface area contributed by atoms with Gasteiger partial charge in [-0.05, 0) is 55.0 Å². The number of furan rings is 2. The molecule has 3 aromatic rings. The number of amides is 2. The van der Waals surface area contributed by atoms with E-state index >= 15 is 0 Å². The molecule has 0 spiro atoms. The summed E-state index contributed by atoms with van der Waals surface area (Å²) < 4.78 is 15.7. The molecule has 2 aromatic heterocycles. The zero-order valence-corrected chi connectivity index (χ0v) is 14.6. The van der Waals surface area contributed by atoms with Crippen LogP contribution in [-0.2, 0) is 11.3 Å². The van der Waals surface area contributed by atoms with Gasteiger partial charge in [-0.3, -0.25) is 9.59 Å². The van der Waals surface area contributed by atoms with Crippen LogP contribution in [0, 0.1) is 0 Å². The van der Waals surface area contributed by atoms with Crippen molar-refractivity contribution in [2.75, 3.05) is 18.5 Å². The van der Waals surface area contributed by atoms with Crippen molar-refractivity contribution in [2.45, 2.75) is 13.0 Å². The van der Waals surface area contributed by atoms with Crippen LogP contribution in [0.3, 0.4) is 0 Å². The lowest BCUT2D eigenvalue weighted by Crippen LogP contribution is -2.25. The molecule has 27 heavy (non-hydrogen) atoms. The number of hydrogen-bond donors (Lipinski definition) is 2. The summed E-state index contributed by atoms with van der Waals surface area (Å²) in [5.41, 5.74) is 1.10. The zero-order valence-electron chi connectivity index (χ0n) is 14.6. The molecule has 0 aliphatic heterocycles. The molecular weight excluding hydrogens is 348 g/mol. The Bertz CT molecular complexity index is 839. The quantitative estimate of drug-likeness (QED) is 0.564. The summed E-state index contributed by atoms with van der Waals surface area (Å²) >= 11 is 0. The van der Waals surface area contributed by atoms with Crippen molar-refractivity contribution in [2.24, 2.45) is 0 Å². The van der Waals surface area contributed by atoms with Crippen molar-refractivity contribution >= 4 is 17.5 Å². The molecule has 0 atom stereocenters. The third-order valence-electron chi connectivity index (χ3n) is 3.73. The average molecular weight is 368 g/mol. The highest BCUT2D eigenvalue weighted by molar-refractivity contribution is 6.02. The number of anilines is 1. The molecule has 7 heteroatoms. The van der Waals surface area contributed by atoms with Crippen LogP contribution in [0.15, 0.2) is 69.9 Å². The first kappa shape index (κ1) is 18.5. The molecule has 0 bridgehead atoms. The van der Waals surface area contributed by atoms with Crippen LogP contribution in [-0.4, -0.2) is 25.0 Å². The van der Waals surface area contributed by atoms with E-state index in [4.69, 9.17) is 13.6 Å². The summed E-state index contributed by atoms with van der Waals surface area (Å²) in [7, 11) is 0. The molecule has 2 N–H and O–H groups in total. The van der Waals surface area contributed by atoms with Crippen LogP contribution in [0.1, 0.15) is 33.1 Å². The lowest BCUT2D eigenvalue weighted by atomic mass is 10.2. The first-order valence-corrected chi connectivity index (χ1v) is 8.55. The Morgan fingerprint density at radius 3 is 2.41 bits per heavy atom. The van der Waals surface area contributed by atoms with Crippen molar-refractivity contribution in [3.8, 4) is 0 Å². The summed E-state index contributed by atoms with van der Waals surface area (Å²) in [5.74, 6) is 0.487. The van der Waals surface area contributed by atoms with Gasteiger partial charge in [-0.15, -0.1) is 0 Å². The number of carbonyl (C=O) groups is 2. The van der Waals surface area contributed by atoms with Crippen LogP contribution in [0.4, 0.5) is 5.69 Å². The minimum Gasteiger partial charge on any atom is -0.467 e. The number of ether oxygens (including phenoxy) is 1. The number of carbonyl (C=O) groups excluding carboxylic acids is 2. The van der Waals surface area contributed by atoms with Gasteiger partial charge in [0, 0.05) is 24.4 Å². The lowest BCUT2D eigenvalue weighted by Gasteiger charge is -2.07. The van der Waals surface area contributed by atoms with Gasteiger partial charge >= 0.3 is 0 Å². The summed E-state index contributed by atoms with van der Waals surface area (Å²) in [5, 5.41) is 5.53. The fraction of sp³-hybridized carbons (Fsp3) is 0.200. The molecule has 140 valence electrons. The molecule has 0 fully saturated rings. The van der Waals surface area contributed by atoms with Crippen LogP contribution in [0.5, 0.6) is 0 Å². The van der Waals surface area contributed by atoms with Crippen LogP contribution in [0.2, 0.25) is 0 Å². The van der Waals surface area contributed by atoms with Crippen molar-refractivity contribution in [3.05, 3.63) is 78.1 Å². The average Bonchev–Trinajstić information content (AvgIpc) is 3.38. The monoisotopic (exact) mass is 368 g/mol. The SMILES string of the molecule is O=C(NCCCOCc1ccco1)c1ccc(NC(=O)c2ccco2)cc1. The predicted molar refractivity (Wildman–Crippen MR) is 98.4 cm³/mol. The van der Waals surface area contributed by atoms with Gasteiger partial charge in [0.2, 0.25) is 0 Å². The second kappa shape index (κ2) is 9.40. The third kappa shape index (κ3) is 5.58. The van der Waals surface area contributed by atoms with E-state index in [9.17, 15) is 9.59 Å². The third-order valence-corrected chi connectivity index (χ3v) is 3.73. The highest BCUT2D eigenvalue weighted by Crippen LogP contribution is 2.12. The van der Waals surface area contributed by atoms with Crippen molar-refractivity contribution in [1.29, 1.82) is 0 Å². The predicted octanol–water partition coefficient (Wildman–Crippen LogP) is 3.46. The molecule has 3 rings (SSSR count). The Morgan fingerprint density at radius 2 is 1.70 bits per heavy atom. The van der Waals surface area contributed by atoms with Gasteiger partial charge in [-0.2, -0.15) is 0 Å². The highest BCUT2D eigenvalue weighted by atomic mass is 16.5. The molecule has 0 aliphatic carbocycles. The van der Waals surface area contributed by atoms with E-state index < -0.39 is 0 Å². The topological polar surface area (TPSA) is 93.7 Å². The molecule has 0 unspecified atom stereocenters. The van der Waals surface area contributed by atoms with Crippen LogP contribution >= 0.6 is 0 Å². The number of benzene rings is 1. The Hall–Kier alpha value is -3.32. The molecule has 0 saturated heterocycles. The van der Waals surface area contributed by atoms with Gasteiger partial charge in [0.1, 0.15) is 12.4 Å². The molecular formula is C20H20N2O5. The Kier molecular flexibility index (Phi) is 6.43. The van der Waals surface area contributed by atoms with E-state index in [-0.39, 0.29) is 17.6 Å². The molecule has 0 saturated carbocycles. The summed E-state index contributed by atoms with van der Waals surface area (Å²) in [4.78, 5) is 24.0. The summed E-state index contributed by atoms with van der Waals surface area (Å²) in [6.45, 7) is 1.46. The van der Waals surface area contributed by atoms with E-state index in [1.165, 1.54) is 6.26 Å². The van der Waals surface area contributed by atoms with Crippen molar-refractivity contribution < 1.29 is 23.2 Å². The van der Waals surface area contributed by atoms with Crippen molar-refractivity contribution in [3.63, 3.8) is 0 Å². The minimum absolute atomic E-state index is 0.176. The number of rotatable bonds is 9. The molecule has 2 amide bonds. The molecule has 1 aromatic carbocycles. The first-order chi connectivity index (χ1) is 13.2. The minimum atomic E-state index is -0.341. The zero-order chi connectivity index (χ0) is 18.9. The van der Waals surface area contributed by atoms with Gasteiger partial charge < -0.3 is 24.2 Å². The smallest absolute Gasteiger partial charge is 0.291 e. The Labute approximate surface area is 156 Å². The van der Waals surface area contributed by atoms with E-state index in [0.29, 0.717) is 37.4 Å². The maximum Gasteiger partial charge on any atom is 0.291 e. The maximum absolute atomic E-state index is 12.1. The van der Waals surface area contributed by atoms with Gasteiger partial charge in [0.05, 0.1) is 12.5 Å². The van der Waals surface area contributed by atoms with E-state index in [2.05, 4.69) is 10.6 Å². The largest absolute Gasteiger partial charge is 0.467 e. The highest BCUT2D eigenvalue weighted by Gasteiger charge is 2.09. The number of nitrogens with one attached hydrogen (secondary N) is 2. The summed E-state index contributed by atoms with van der Waals surface area (Å²) in [6, 6.07) is 13.5. The molecule has 2 heterocycles. The second-order valence-electron chi connectivity index (χ2n) is 5.75. The van der Waals surface area contributed by atoms with E-state index in [1.807, 2.05) is 12.1 Å². The van der Waals surface area contributed by atoms with Crippen LogP contribution < -0.4 is 10.6 Å².